The lowest BCUT2D eigenvalue weighted by atomic mass is 10.5. The zero-order valence-corrected chi connectivity index (χ0v) is 9.58. The molecule has 10 heteroatoms. The second kappa shape index (κ2) is 3.51. The molecule has 94 valence electrons. The predicted octanol–water partition coefficient (Wildman–Crippen LogP) is 2.17. The summed E-state index contributed by atoms with van der Waals surface area (Å²) < 4.78 is 43.4. The minimum Gasteiger partial charge on any atom is -0.449 e. The van der Waals surface area contributed by atoms with E-state index < -0.39 is 12.0 Å². The summed E-state index contributed by atoms with van der Waals surface area (Å²) in [4.78, 5) is 4.04. The summed E-state index contributed by atoms with van der Waals surface area (Å²) >= 11 is 0.956. The molecule has 0 aliphatic carbocycles. The molecule has 3 rings (SSSR count). The van der Waals surface area contributed by atoms with Crippen molar-refractivity contribution in [2.45, 2.75) is 13.1 Å². The van der Waals surface area contributed by atoms with E-state index in [2.05, 4.69) is 20.3 Å². The second-order valence-electron chi connectivity index (χ2n) is 3.37. The van der Waals surface area contributed by atoms with Crippen LogP contribution in [0.3, 0.4) is 0 Å². The molecule has 18 heavy (non-hydrogen) atoms. The molecular formula is C8H4F3N5OS. The highest BCUT2D eigenvalue weighted by Gasteiger charge is 2.38. The number of aromatic nitrogens is 5. The number of aryl methyl sites for hydroxylation is 1. The largest absolute Gasteiger partial charge is 0.453 e. The number of hydrogen-bond acceptors (Lipinski definition) is 6. The van der Waals surface area contributed by atoms with Gasteiger partial charge >= 0.3 is 6.18 Å². The van der Waals surface area contributed by atoms with E-state index in [1.807, 2.05) is 0 Å². The van der Waals surface area contributed by atoms with E-state index in [9.17, 15) is 13.2 Å². The quantitative estimate of drug-likeness (QED) is 0.680. The molecular weight excluding hydrogens is 271 g/mol. The van der Waals surface area contributed by atoms with Gasteiger partial charge in [-0.3, -0.25) is 0 Å². The van der Waals surface area contributed by atoms with E-state index >= 15 is 0 Å². The van der Waals surface area contributed by atoms with Crippen LogP contribution in [0.1, 0.15) is 11.7 Å². The first-order valence-corrected chi connectivity index (χ1v) is 5.49. The second-order valence-corrected chi connectivity index (χ2v) is 4.33. The molecule has 0 radical (unpaired) electrons. The van der Waals surface area contributed by atoms with Crippen molar-refractivity contribution < 1.29 is 17.6 Å². The Kier molecular flexibility index (Phi) is 2.17. The maximum absolute atomic E-state index is 12.6. The van der Waals surface area contributed by atoms with Crippen molar-refractivity contribution in [3.63, 3.8) is 0 Å². The van der Waals surface area contributed by atoms with Crippen LogP contribution in [-0.2, 0) is 6.18 Å². The average Bonchev–Trinajstić information content (AvgIpc) is 2.87. The van der Waals surface area contributed by atoms with Crippen LogP contribution in [0, 0.1) is 6.92 Å². The SMILES string of the molecule is Cc1nc(-c2nn3c(C(F)(F)F)nnc3s2)co1. The first-order valence-electron chi connectivity index (χ1n) is 4.67. The maximum atomic E-state index is 12.6. The van der Waals surface area contributed by atoms with Crippen molar-refractivity contribution in [3.05, 3.63) is 18.0 Å². The highest BCUT2D eigenvalue weighted by molar-refractivity contribution is 7.19. The van der Waals surface area contributed by atoms with E-state index in [-0.39, 0.29) is 4.96 Å². The third-order valence-corrected chi connectivity index (χ3v) is 3.00. The molecule has 0 aliphatic heterocycles. The standard InChI is InChI=1S/C8H4F3N5OS/c1-3-12-4(2-17-3)5-15-16-6(8(9,10)11)13-14-7(16)18-5/h2H,1H3. The zero-order valence-electron chi connectivity index (χ0n) is 8.76. The third kappa shape index (κ3) is 1.65. The first kappa shape index (κ1) is 11.1. The molecule has 0 saturated heterocycles. The number of alkyl halides is 3. The van der Waals surface area contributed by atoms with E-state index in [1.165, 1.54) is 6.26 Å². The van der Waals surface area contributed by atoms with Crippen LogP contribution in [0.15, 0.2) is 10.7 Å². The lowest BCUT2D eigenvalue weighted by Gasteiger charge is -1.99. The van der Waals surface area contributed by atoms with Crippen LogP contribution >= 0.6 is 11.3 Å². The Morgan fingerprint density at radius 1 is 1.33 bits per heavy atom. The van der Waals surface area contributed by atoms with Crippen LogP contribution < -0.4 is 0 Å². The highest BCUT2D eigenvalue weighted by Crippen LogP contribution is 2.31. The van der Waals surface area contributed by atoms with Crippen molar-refractivity contribution in [3.8, 4) is 10.7 Å². The van der Waals surface area contributed by atoms with Gasteiger partial charge in [0.25, 0.3) is 5.82 Å². The van der Waals surface area contributed by atoms with Crippen molar-refractivity contribution in [2.75, 3.05) is 0 Å². The summed E-state index contributed by atoms with van der Waals surface area (Å²) in [5.74, 6) is -0.743. The Balaban J connectivity index is 2.15. The molecule has 0 unspecified atom stereocenters. The Hall–Kier alpha value is -1.97. The average molecular weight is 275 g/mol. The normalized spacial score (nSPS) is 12.4. The monoisotopic (exact) mass is 275 g/mol. The molecule has 0 saturated carbocycles. The van der Waals surface area contributed by atoms with Gasteiger partial charge in [0.05, 0.1) is 0 Å². The number of fused-ring (bicyclic) bond motifs is 1. The molecule has 6 nitrogen and oxygen atoms in total. The first-order chi connectivity index (χ1) is 8.45. The van der Waals surface area contributed by atoms with Gasteiger partial charge in [0.15, 0.2) is 10.9 Å². The Morgan fingerprint density at radius 2 is 2.11 bits per heavy atom. The van der Waals surface area contributed by atoms with Crippen LogP contribution in [0.2, 0.25) is 0 Å². The minimum absolute atomic E-state index is 0.0537. The van der Waals surface area contributed by atoms with Crippen LogP contribution in [0.25, 0.3) is 15.7 Å². The van der Waals surface area contributed by atoms with Gasteiger partial charge in [-0.2, -0.15) is 22.8 Å². The van der Waals surface area contributed by atoms with Gasteiger partial charge in [0.2, 0.25) is 4.96 Å². The van der Waals surface area contributed by atoms with Crippen molar-refractivity contribution in [1.29, 1.82) is 0 Å². The molecule has 3 aromatic rings. The van der Waals surface area contributed by atoms with Gasteiger partial charge < -0.3 is 4.42 Å². The highest BCUT2D eigenvalue weighted by atomic mass is 32.1. The predicted molar refractivity (Wildman–Crippen MR) is 53.9 cm³/mol. The molecule has 0 bridgehead atoms. The Labute approximate surface area is 101 Å². The summed E-state index contributed by atoms with van der Waals surface area (Å²) in [6.07, 6.45) is -3.27. The van der Waals surface area contributed by atoms with E-state index in [1.54, 1.807) is 6.92 Å². The van der Waals surface area contributed by atoms with Crippen molar-refractivity contribution in [2.24, 2.45) is 0 Å². The van der Waals surface area contributed by atoms with Gasteiger partial charge in [-0.05, 0) is 0 Å². The van der Waals surface area contributed by atoms with Gasteiger partial charge in [-0.15, -0.1) is 10.2 Å². The van der Waals surface area contributed by atoms with E-state index in [4.69, 9.17) is 4.42 Å². The van der Waals surface area contributed by atoms with Crippen LogP contribution in [-0.4, -0.2) is 24.8 Å². The third-order valence-electron chi connectivity index (χ3n) is 2.08. The molecule has 0 atom stereocenters. The number of halogens is 3. The molecule has 3 aromatic heterocycles. The van der Waals surface area contributed by atoms with Crippen LogP contribution in [0.4, 0.5) is 13.2 Å². The fraction of sp³-hybridized carbons (Fsp3) is 0.250. The molecule has 0 fully saturated rings. The van der Waals surface area contributed by atoms with Crippen molar-refractivity contribution >= 4 is 16.3 Å². The minimum atomic E-state index is -4.59. The van der Waals surface area contributed by atoms with Crippen LogP contribution in [0.5, 0.6) is 0 Å². The lowest BCUT2D eigenvalue weighted by Crippen LogP contribution is -2.11. The number of oxazole rings is 1. The van der Waals surface area contributed by atoms with Gasteiger partial charge in [-0.1, -0.05) is 11.3 Å². The number of hydrogen-bond donors (Lipinski definition) is 0. The zero-order chi connectivity index (χ0) is 12.9. The molecule has 3 heterocycles. The Morgan fingerprint density at radius 3 is 2.72 bits per heavy atom. The van der Waals surface area contributed by atoms with E-state index in [0.717, 1.165) is 11.3 Å². The van der Waals surface area contributed by atoms with Gasteiger partial charge in [0, 0.05) is 6.92 Å². The summed E-state index contributed by atoms with van der Waals surface area (Å²) in [7, 11) is 0. The summed E-state index contributed by atoms with van der Waals surface area (Å²) in [5, 5.41) is 10.6. The summed E-state index contributed by atoms with van der Waals surface area (Å²) in [5.41, 5.74) is 0.371. The molecule has 0 amide bonds. The maximum Gasteiger partial charge on any atom is 0.453 e. The Bertz CT molecular complexity index is 712. The number of rotatable bonds is 1. The summed E-state index contributed by atoms with van der Waals surface area (Å²) in [6, 6.07) is 0. The van der Waals surface area contributed by atoms with E-state index in [0.29, 0.717) is 21.1 Å². The molecule has 0 aliphatic rings. The number of nitrogens with zero attached hydrogens (tertiary/aromatic N) is 5. The summed E-state index contributed by atoms with van der Waals surface area (Å²) in [6.45, 7) is 1.63. The molecule has 0 aromatic carbocycles. The topological polar surface area (TPSA) is 69.1 Å². The smallest absolute Gasteiger partial charge is 0.449 e. The molecule has 0 spiro atoms. The fourth-order valence-electron chi connectivity index (χ4n) is 1.36. The van der Waals surface area contributed by atoms with Gasteiger partial charge in [0.1, 0.15) is 12.0 Å². The fourth-order valence-corrected chi connectivity index (χ4v) is 2.15. The molecule has 0 N–H and O–H groups in total. The lowest BCUT2D eigenvalue weighted by molar-refractivity contribution is -0.146. The van der Waals surface area contributed by atoms with Crippen molar-refractivity contribution in [1.82, 2.24) is 24.8 Å². The van der Waals surface area contributed by atoms with Gasteiger partial charge in [-0.25, -0.2) is 4.98 Å².